The van der Waals surface area contributed by atoms with Gasteiger partial charge in [-0.2, -0.15) is 0 Å². The number of rotatable bonds is 6. The van der Waals surface area contributed by atoms with Crippen LogP contribution in [-0.4, -0.2) is 50.7 Å². The number of hydrogen-bond acceptors (Lipinski definition) is 5. The molecule has 2 aliphatic carbocycles. The molecule has 3 aliphatic rings. The van der Waals surface area contributed by atoms with E-state index in [0.717, 1.165) is 34.4 Å². The number of hydrogen-bond donors (Lipinski definition) is 3. The van der Waals surface area contributed by atoms with Crippen molar-refractivity contribution in [3.05, 3.63) is 70.3 Å². The Labute approximate surface area is 209 Å². The van der Waals surface area contributed by atoms with E-state index in [9.17, 15) is 24.1 Å². The highest BCUT2D eigenvalue weighted by molar-refractivity contribution is 7.99. The largest absolute Gasteiger partial charge is 0.387 e. The first-order chi connectivity index (χ1) is 16.6. The molecular weight excluding hydrogens is 470 g/mol. The smallest absolute Gasteiger partial charge is 0.248 e. The first-order valence-corrected chi connectivity index (χ1v) is 13.6. The summed E-state index contributed by atoms with van der Waals surface area (Å²) in [6, 6.07) is 14.3. The average Bonchev–Trinajstić information content (AvgIpc) is 3.55. The fourth-order valence-corrected chi connectivity index (χ4v) is 6.86. The van der Waals surface area contributed by atoms with Crippen molar-refractivity contribution in [2.45, 2.75) is 87.1 Å². The molecule has 7 heteroatoms. The third kappa shape index (κ3) is 4.78. The Hall–Kier alpha value is -1.51. The van der Waals surface area contributed by atoms with E-state index in [2.05, 4.69) is 24.3 Å². The second-order valence-electron chi connectivity index (χ2n) is 10.5. The van der Waals surface area contributed by atoms with Gasteiger partial charge in [-0.3, -0.25) is 0 Å². The van der Waals surface area contributed by atoms with Gasteiger partial charge in [0.05, 0.1) is 0 Å². The number of halogens is 2. The maximum atomic E-state index is 13.8. The molecule has 1 heterocycles. The summed E-state index contributed by atoms with van der Waals surface area (Å²) in [7, 11) is 0. The van der Waals surface area contributed by atoms with Gasteiger partial charge in [0.15, 0.2) is 0 Å². The lowest BCUT2D eigenvalue weighted by molar-refractivity contribution is -0.200. The van der Waals surface area contributed by atoms with Gasteiger partial charge >= 0.3 is 0 Å². The van der Waals surface area contributed by atoms with Crippen LogP contribution in [0.5, 0.6) is 0 Å². The van der Waals surface area contributed by atoms with Crippen LogP contribution in [0.4, 0.5) is 8.78 Å². The van der Waals surface area contributed by atoms with Gasteiger partial charge < -0.3 is 20.1 Å². The lowest BCUT2D eigenvalue weighted by Gasteiger charge is -2.40. The van der Waals surface area contributed by atoms with Crippen molar-refractivity contribution in [2.75, 3.05) is 5.75 Å². The van der Waals surface area contributed by atoms with E-state index in [1.807, 2.05) is 32.0 Å². The Morgan fingerprint density at radius 3 is 2.40 bits per heavy atom. The van der Waals surface area contributed by atoms with Gasteiger partial charge in [-0.25, -0.2) is 8.78 Å². The zero-order chi connectivity index (χ0) is 25.0. The molecule has 2 aromatic rings. The highest BCUT2D eigenvalue weighted by atomic mass is 32.2. The minimum atomic E-state index is -2.51. The van der Waals surface area contributed by atoms with Gasteiger partial charge in [-0.1, -0.05) is 49.4 Å². The van der Waals surface area contributed by atoms with Crippen molar-refractivity contribution in [1.82, 2.24) is 0 Å². The molecule has 0 amide bonds. The van der Waals surface area contributed by atoms with Crippen molar-refractivity contribution in [1.29, 1.82) is 0 Å². The molecule has 0 radical (unpaired) electrons. The molecule has 5 rings (SSSR count). The number of aliphatic hydroxyl groups excluding tert-OH is 3. The summed E-state index contributed by atoms with van der Waals surface area (Å²) in [5.74, 6) is -1.69. The van der Waals surface area contributed by atoms with Crippen LogP contribution in [0.3, 0.4) is 0 Å². The van der Waals surface area contributed by atoms with E-state index in [4.69, 9.17) is 4.74 Å². The summed E-state index contributed by atoms with van der Waals surface area (Å²) in [6.45, 7) is 3.99. The Kier molecular flexibility index (Phi) is 6.77. The van der Waals surface area contributed by atoms with Crippen molar-refractivity contribution in [2.24, 2.45) is 5.92 Å². The molecule has 0 spiro atoms. The summed E-state index contributed by atoms with van der Waals surface area (Å²) in [4.78, 5) is 0. The predicted octanol–water partition coefficient (Wildman–Crippen LogP) is 4.90. The summed E-state index contributed by atoms with van der Waals surface area (Å²) in [5.41, 5.74) is 4.62. The summed E-state index contributed by atoms with van der Waals surface area (Å²) in [5, 5.41) is 31.3. The second kappa shape index (κ2) is 9.42. The van der Waals surface area contributed by atoms with Crippen LogP contribution < -0.4 is 0 Å². The highest BCUT2D eigenvalue weighted by Gasteiger charge is 2.61. The van der Waals surface area contributed by atoms with E-state index in [1.165, 1.54) is 17.3 Å². The van der Waals surface area contributed by atoms with E-state index in [-0.39, 0.29) is 24.2 Å². The molecule has 3 N–H and O–H groups in total. The zero-order valence-corrected chi connectivity index (χ0v) is 21.0. The molecule has 1 saturated heterocycles. The van der Waals surface area contributed by atoms with Crippen LogP contribution in [0.1, 0.15) is 66.5 Å². The van der Waals surface area contributed by atoms with E-state index >= 15 is 0 Å². The van der Waals surface area contributed by atoms with E-state index in [1.54, 1.807) is 0 Å². The molecule has 2 saturated carbocycles. The number of ether oxygens (including phenoxy) is 1. The fourth-order valence-electron chi connectivity index (χ4n) is 5.98. The van der Waals surface area contributed by atoms with Crippen LogP contribution in [0.25, 0.3) is 0 Å². The van der Waals surface area contributed by atoms with Crippen LogP contribution >= 0.6 is 11.8 Å². The van der Waals surface area contributed by atoms with Gasteiger partial charge in [0.2, 0.25) is 5.92 Å². The van der Waals surface area contributed by atoms with Crippen LogP contribution in [0.2, 0.25) is 0 Å². The molecule has 4 nitrogen and oxygen atoms in total. The summed E-state index contributed by atoms with van der Waals surface area (Å²) in [6.07, 6.45) is -2.25. The van der Waals surface area contributed by atoms with Crippen molar-refractivity contribution < 1.29 is 28.8 Å². The Bertz CT molecular complexity index is 1060. The molecule has 2 aromatic carbocycles. The van der Waals surface area contributed by atoms with Gasteiger partial charge in [-0.15, -0.1) is 11.8 Å². The molecule has 35 heavy (non-hydrogen) atoms. The molecule has 0 unspecified atom stereocenters. The predicted molar refractivity (Wildman–Crippen MR) is 133 cm³/mol. The Balaban J connectivity index is 1.32. The highest BCUT2D eigenvalue weighted by Crippen LogP contribution is 2.65. The summed E-state index contributed by atoms with van der Waals surface area (Å²) < 4.78 is 33.5. The average molecular weight is 505 g/mol. The second-order valence-corrected chi connectivity index (χ2v) is 11.9. The topological polar surface area (TPSA) is 69.9 Å². The first-order valence-electron chi connectivity index (χ1n) is 12.5. The van der Waals surface area contributed by atoms with Crippen LogP contribution in [-0.2, 0) is 16.6 Å². The molecule has 7 atom stereocenters. The molecule has 1 aliphatic heterocycles. The maximum Gasteiger partial charge on any atom is 0.248 e. The van der Waals surface area contributed by atoms with Crippen molar-refractivity contribution >= 4 is 11.8 Å². The Morgan fingerprint density at radius 1 is 0.971 bits per heavy atom. The fraction of sp³-hybridized carbons (Fsp3) is 0.571. The Morgan fingerprint density at radius 2 is 1.71 bits per heavy atom. The van der Waals surface area contributed by atoms with Crippen LogP contribution in [0, 0.1) is 12.8 Å². The number of benzene rings is 2. The number of aryl methyl sites for hydroxylation is 1. The van der Waals surface area contributed by atoms with Crippen molar-refractivity contribution in [3.8, 4) is 0 Å². The minimum Gasteiger partial charge on any atom is -0.387 e. The van der Waals surface area contributed by atoms with Gasteiger partial charge in [0.1, 0.15) is 29.9 Å². The number of fused-ring (bicyclic) bond motifs is 1. The van der Waals surface area contributed by atoms with Crippen molar-refractivity contribution in [3.63, 3.8) is 0 Å². The molecule has 0 bridgehead atoms. The van der Waals surface area contributed by atoms with Gasteiger partial charge in [0.25, 0.3) is 0 Å². The summed E-state index contributed by atoms with van der Waals surface area (Å²) >= 11 is 1.41. The lowest BCUT2D eigenvalue weighted by Crippen LogP contribution is -2.53. The monoisotopic (exact) mass is 504 g/mol. The van der Waals surface area contributed by atoms with Crippen LogP contribution in [0.15, 0.2) is 42.5 Å². The molecule has 3 fully saturated rings. The normalized spacial score (nSPS) is 36.0. The number of thioether (sulfide) groups is 1. The maximum absolute atomic E-state index is 13.8. The molecular formula is C28H34F2O4S. The molecule has 190 valence electrons. The van der Waals surface area contributed by atoms with Gasteiger partial charge in [-0.05, 0) is 71.1 Å². The minimum absolute atomic E-state index is 0.0131. The van der Waals surface area contributed by atoms with E-state index < -0.39 is 35.8 Å². The number of aliphatic hydroxyl groups is 3. The van der Waals surface area contributed by atoms with E-state index in [0.29, 0.717) is 12.8 Å². The lowest BCUT2D eigenvalue weighted by atomic mass is 9.81. The quantitative estimate of drug-likeness (QED) is 0.522. The standard InChI is InChI=1S/C28H34F2O4S/c1-3-35-26-24(33)22(31)23(32)25(34-26)18-7-4-16(2)19(13-18)12-17-5-8-20(9-6-17)27-10-11-28(29,30)15-21(27)14-27/h4-9,13,21-26,31-33H,3,10-12,14-15H2,1-2H3/t21-,22+,23+,24-,25-,26+,27-/m0/s1. The molecule has 0 aromatic heterocycles. The van der Waals surface area contributed by atoms with Gasteiger partial charge in [0, 0.05) is 12.8 Å². The number of alkyl halides is 2. The third-order valence-electron chi connectivity index (χ3n) is 8.24. The third-order valence-corrected chi connectivity index (χ3v) is 9.29. The zero-order valence-electron chi connectivity index (χ0n) is 20.2. The first kappa shape index (κ1) is 25.2. The SMILES string of the molecule is CCS[C@H]1O[C@@H](c2ccc(C)c(Cc3ccc([C@@]45CCC(F)(F)C[C@@H]4C5)cc3)c2)[C@H](O)[C@@H](O)[C@@H]1O.